The SMILES string of the molecule is Cc1nnc(N2C(=O)NC(=O)C2=O)s1. The largest absolute Gasteiger partial charge is 0.338 e. The van der Waals surface area contributed by atoms with Crippen molar-refractivity contribution in [1.82, 2.24) is 15.5 Å². The van der Waals surface area contributed by atoms with Crippen LogP contribution in [0.25, 0.3) is 0 Å². The van der Waals surface area contributed by atoms with Gasteiger partial charge in [-0.1, -0.05) is 11.3 Å². The molecule has 7 nitrogen and oxygen atoms in total. The van der Waals surface area contributed by atoms with Gasteiger partial charge in [0, 0.05) is 0 Å². The molecular formula is C6H4N4O3S. The van der Waals surface area contributed by atoms with Crippen molar-refractivity contribution >= 4 is 34.3 Å². The first-order valence-corrected chi connectivity index (χ1v) is 4.41. The number of carbonyl (C=O) groups is 3. The van der Waals surface area contributed by atoms with Gasteiger partial charge in [-0.3, -0.25) is 14.9 Å². The number of imide groups is 2. The number of aryl methyl sites for hydroxylation is 1. The summed E-state index contributed by atoms with van der Waals surface area (Å²) in [6.07, 6.45) is 0. The summed E-state index contributed by atoms with van der Waals surface area (Å²) in [6.45, 7) is 1.68. The van der Waals surface area contributed by atoms with Gasteiger partial charge in [0.25, 0.3) is 0 Å². The molecule has 2 rings (SSSR count). The lowest BCUT2D eigenvalue weighted by atomic mass is 10.6. The summed E-state index contributed by atoms with van der Waals surface area (Å²) in [4.78, 5) is 33.8. The Bertz CT molecular complexity index is 440. The summed E-state index contributed by atoms with van der Waals surface area (Å²) in [7, 11) is 0. The molecule has 2 heterocycles. The minimum Gasteiger partial charge on any atom is -0.269 e. The molecule has 4 amide bonds. The van der Waals surface area contributed by atoms with Crippen molar-refractivity contribution in [1.29, 1.82) is 0 Å². The number of urea groups is 1. The summed E-state index contributed by atoms with van der Waals surface area (Å²) in [5, 5.41) is 9.81. The van der Waals surface area contributed by atoms with Gasteiger partial charge in [0.15, 0.2) is 0 Å². The van der Waals surface area contributed by atoms with Gasteiger partial charge in [-0.2, -0.15) is 4.90 Å². The van der Waals surface area contributed by atoms with E-state index in [0.29, 0.717) is 9.91 Å². The van der Waals surface area contributed by atoms with Gasteiger partial charge in [0.2, 0.25) is 5.13 Å². The Morgan fingerprint density at radius 1 is 1.29 bits per heavy atom. The number of hydrogen-bond donors (Lipinski definition) is 1. The fourth-order valence-electron chi connectivity index (χ4n) is 0.950. The van der Waals surface area contributed by atoms with Gasteiger partial charge in [-0.05, 0) is 6.92 Å². The second kappa shape index (κ2) is 2.84. The van der Waals surface area contributed by atoms with Crippen molar-refractivity contribution in [2.45, 2.75) is 6.92 Å². The lowest BCUT2D eigenvalue weighted by Crippen LogP contribution is -2.30. The Hall–Kier alpha value is -1.83. The standard InChI is InChI=1S/C6H4N4O3S/c1-2-8-9-6(14-2)10-4(12)3(11)7-5(10)13/h1H3,(H,7,11,13). The Kier molecular flexibility index (Phi) is 1.78. The number of hydrogen-bond acceptors (Lipinski definition) is 6. The highest BCUT2D eigenvalue weighted by Crippen LogP contribution is 2.21. The van der Waals surface area contributed by atoms with Crippen LogP contribution in [0.5, 0.6) is 0 Å². The molecule has 0 saturated carbocycles. The fraction of sp³-hybridized carbons (Fsp3) is 0.167. The lowest BCUT2D eigenvalue weighted by molar-refractivity contribution is -0.134. The highest BCUT2D eigenvalue weighted by molar-refractivity contribution is 7.15. The van der Waals surface area contributed by atoms with Crippen molar-refractivity contribution in [2.24, 2.45) is 0 Å². The average Bonchev–Trinajstić information content (AvgIpc) is 2.60. The molecule has 14 heavy (non-hydrogen) atoms. The van der Waals surface area contributed by atoms with Crippen LogP contribution >= 0.6 is 11.3 Å². The van der Waals surface area contributed by atoms with E-state index in [2.05, 4.69) is 10.2 Å². The Morgan fingerprint density at radius 3 is 2.43 bits per heavy atom. The summed E-state index contributed by atoms with van der Waals surface area (Å²) in [6, 6.07) is -0.781. The third-order valence-corrected chi connectivity index (χ3v) is 2.35. The monoisotopic (exact) mass is 212 g/mol. The molecule has 72 valence electrons. The van der Waals surface area contributed by atoms with Crippen molar-refractivity contribution in [3.63, 3.8) is 0 Å². The fourth-order valence-corrected chi connectivity index (χ4v) is 1.64. The minimum absolute atomic E-state index is 0.107. The number of rotatable bonds is 1. The van der Waals surface area contributed by atoms with Gasteiger partial charge in [0.1, 0.15) is 5.01 Å². The third-order valence-electron chi connectivity index (χ3n) is 1.53. The molecule has 1 saturated heterocycles. The number of amides is 4. The van der Waals surface area contributed by atoms with E-state index in [1.165, 1.54) is 0 Å². The highest BCUT2D eigenvalue weighted by Gasteiger charge is 2.39. The molecule has 1 aromatic rings. The molecule has 0 bridgehead atoms. The molecule has 0 unspecified atom stereocenters. The molecule has 0 radical (unpaired) electrons. The van der Waals surface area contributed by atoms with Crippen LogP contribution in [0.3, 0.4) is 0 Å². The molecule has 0 spiro atoms. The van der Waals surface area contributed by atoms with Crippen molar-refractivity contribution in [2.75, 3.05) is 4.90 Å². The van der Waals surface area contributed by atoms with Crippen LogP contribution in [0, 0.1) is 6.92 Å². The predicted molar refractivity (Wildman–Crippen MR) is 45.7 cm³/mol. The second-order valence-electron chi connectivity index (χ2n) is 2.50. The zero-order chi connectivity index (χ0) is 10.3. The minimum atomic E-state index is -0.942. The summed E-state index contributed by atoms with van der Waals surface area (Å²) >= 11 is 1.06. The van der Waals surface area contributed by atoms with E-state index in [9.17, 15) is 14.4 Å². The maximum absolute atomic E-state index is 11.2. The average molecular weight is 212 g/mol. The molecule has 1 aromatic heterocycles. The highest BCUT2D eigenvalue weighted by atomic mass is 32.1. The zero-order valence-electron chi connectivity index (χ0n) is 6.97. The Morgan fingerprint density at radius 2 is 2.00 bits per heavy atom. The zero-order valence-corrected chi connectivity index (χ0v) is 7.79. The molecule has 0 atom stereocenters. The van der Waals surface area contributed by atoms with Gasteiger partial charge < -0.3 is 0 Å². The summed E-state index contributed by atoms with van der Waals surface area (Å²) in [5.41, 5.74) is 0. The van der Waals surface area contributed by atoms with E-state index < -0.39 is 17.8 Å². The number of nitrogens with one attached hydrogen (secondary N) is 1. The molecule has 1 aliphatic heterocycles. The van der Waals surface area contributed by atoms with Crippen LogP contribution in [-0.4, -0.2) is 28.0 Å². The molecule has 1 aliphatic rings. The Labute approximate surface area is 81.7 Å². The quantitative estimate of drug-likeness (QED) is 0.497. The molecule has 8 heteroatoms. The maximum Gasteiger partial charge on any atom is 0.338 e. The lowest BCUT2D eigenvalue weighted by Gasteiger charge is -2.03. The maximum atomic E-state index is 11.2. The van der Waals surface area contributed by atoms with E-state index in [4.69, 9.17) is 0 Å². The number of aromatic nitrogens is 2. The second-order valence-corrected chi connectivity index (χ2v) is 3.66. The van der Waals surface area contributed by atoms with Crippen LogP contribution in [0.4, 0.5) is 9.93 Å². The number of nitrogens with zero attached hydrogens (tertiary/aromatic N) is 3. The van der Waals surface area contributed by atoms with E-state index in [1.807, 2.05) is 5.32 Å². The molecule has 1 fully saturated rings. The molecule has 0 aromatic carbocycles. The topological polar surface area (TPSA) is 92.3 Å². The summed E-state index contributed by atoms with van der Waals surface area (Å²) < 4.78 is 0. The molecule has 1 N–H and O–H groups in total. The first-order chi connectivity index (χ1) is 6.59. The third kappa shape index (κ3) is 1.16. The molecular weight excluding hydrogens is 208 g/mol. The van der Waals surface area contributed by atoms with Gasteiger partial charge >= 0.3 is 17.8 Å². The first-order valence-electron chi connectivity index (χ1n) is 3.59. The van der Waals surface area contributed by atoms with Crippen LogP contribution in [0.2, 0.25) is 0 Å². The molecule has 0 aliphatic carbocycles. The van der Waals surface area contributed by atoms with Crippen LogP contribution < -0.4 is 10.2 Å². The van der Waals surface area contributed by atoms with E-state index in [0.717, 1.165) is 11.3 Å². The van der Waals surface area contributed by atoms with Crippen LogP contribution in [0.1, 0.15) is 5.01 Å². The van der Waals surface area contributed by atoms with Crippen LogP contribution in [-0.2, 0) is 9.59 Å². The van der Waals surface area contributed by atoms with Gasteiger partial charge in [-0.25, -0.2) is 4.79 Å². The van der Waals surface area contributed by atoms with E-state index in [-0.39, 0.29) is 5.13 Å². The first kappa shape index (κ1) is 8.75. The van der Waals surface area contributed by atoms with Crippen molar-refractivity contribution in [3.05, 3.63) is 5.01 Å². The van der Waals surface area contributed by atoms with Crippen molar-refractivity contribution < 1.29 is 14.4 Å². The van der Waals surface area contributed by atoms with Gasteiger partial charge in [0.05, 0.1) is 0 Å². The van der Waals surface area contributed by atoms with Gasteiger partial charge in [-0.15, -0.1) is 10.2 Å². The Balaban J connectivity index is 2.40. The van der Waals surface area contributed by atoms with Crippen molar-refractivity contribution in [3.8, 4) is 0 Å². The van der Waals surface area contributed by atoms with E-state index in [1.54, 1.807) is 6.92 Å². The smallest absolute Gasteiger partial charge is 0.269 e. The van der Waals surface area contributed by atoms with E-state index >= 15 is 0 Å². The van der Waals surface area contributed by atoms with Crippen LogP contribution in [0.15, 0.2) is 0 Å². The predicted octanol–water partition coefficient (Wildman–Crippen LogP) is -0.571. The number of carbonyl (C=O) groups excluding carboxylic acids is 3. The normalized spacial score (nSPS) is 16.4. The number of anilines is 1. The summed E-state index contributed by atoms with van der Waals surface area (Å²) in [5.74, 6) is -1.87.